The molecule has 0 bridgehead atoms. The van der Waals surface area contributed by atoms with Gasteiger partial charge in [0, 0.05) is 48.3 Å². The molecule has 0 atom stereocenters. The van der Waals surface area contributed by atoms with Gasteiger partial charge in [-0.1, -0.05) is 48.0 Å². The third-order valence-electron chi connectivity index (χ3n) is 6.00. The molecular formula is C27H21ClFN5O2. The SMILES string of the molecule is CNc1cc2c(cn1)cc(-c1cc(NC(=O)Nc3cccc4ccccc34)c(F)cc1Cl)c(=O)n2C. The predicted molar refractivity (Wildman–Crippen MR) is 144 cm³/mol. The van der Waals surface area contributed by atoms with E-state index in [1.165, 1.54) is 10.6 Å². The van der Waals surface area contributed by atoms with E-state index in [1.807, 2.05) is 36.4 Å². The van der Waals surface area contributed by atoms with Gasteiger partial charge < -0.3 is 20.5 Å². The number of carbonyl (C=O) groups is 1. The van der Waals surface area contributed by atoms with E-state index in [9.17, 15) is 14.0 Å². The number of urea groups is 1. The predicted octanol–water partition coefficient (Wildman–Crippen LogP) is 6.23. The monoisotopic (exact) mass is 501 g/mol. The van der Waals surface area contributed by atoms with Crippen LogP contribution in [-0.2, 0) is 7.05 Å². The largest absolute Gasteiger partial charge is 0.373 e. The van der Waals surface area contributed by atoms with Gasteiger partial charge in [0.25, 0.3) is 5.56 Å². The first-order valence-corrected chi connectivity index (χ1v) is 11.5. The van der Waals surface area contributed by atoms with Crippen LogP contribution in [0.3, 0.4) is 0 Å². The van der Waals surface area contributed by atoms with Gasteiger partial charge in [-0.15, -0.1) is 0 Å². The van der Waals surface area contributed by atoms with Crippen molar-refractivity contribution in [1.29, 1.82) is 0 Å². The molecule has 2 aromatic heterocycles. The second-order valence-electron chi connectivity index (χ2n) is 8.22. The van der Waals surface area contributed by atoms with Gasteiger partial charge in [-0.25, -0.2) is 14.2 Å². The van der Waals surface area contributed by atoms with Gasteiger partial charge in [0.05, 0.1) is 21.9 Å². The Kier molecular flexibility index (Phi) is 6.03. The number of amides is 2. The van der Waals surface area contributed by atoms with Crippen LogP contribution in [0.5, 0.6) is 0 Å². The summed E-state index contributed by atoms with van der Waals surface area (Å²) in [6, 6.07) is 18.3. The molecule has 0 aliphatic heterocycles. The molecule has 0 unspecified atom stereocenters. The van der Waals surface area contributed by atoms with Crippen molar-refractivity contribution in [2.45, 2.75) is 0 Å². The Morgan fingerprint density at radius 2 is 1.69 bits per heavy atom. The van der Waals surface area contributed by atoms with Gasteiger partial charge in [0.2, 0.25) is 0 Å². The lowest BCUT2D eigenvalue weighted by atomic mass is 10.0. The van der Waals surface area contributed by atoms with Crippen LogP contribution in [0, 0.1) is 5.82 Å². The molecule has 5 rings (SSSR count). The highest BCUT2D eigenvalue weighted by atomic mass is 35.5. The van der Waals surface area contributed by atoms with Crippen LogP contribution < -0.4 is 21.5 Å². The van der Waals surface area contributed by atoms with E-state index >= 15 is 0 Å². The Hall–Kier alpha value is -4.43. The fourth-order valence-corrected chi connectivity index (χ4v) is 4.41. The topological polar surface area (TPSA) is 88.1 Å². The average Bonchev–Trinajstić information content (AvgIpc) is 2.88. The van der Waals surface area contributed by atoms with E-state index in [0.717, 1.165) is 16.8 Å². The van der Waals surface area contributed by atoms with Crippen LogP contribution in [0.4, 0.5) is 26.4 Å². The molecule has 0 spiro atoms. The van der Waals surface area contributed by atoms with Gasteiger partial charge >= 0.3 is 6.03 Å². The lowest BCUT2D eigenvalue weighted by molar-refractivity contribution is 0.262. The molecule has 0 fully saturated rings. The number of nitrogens with one attached hydrogen (secondary N) is 3. The Bertz CT molecular complexity index is 1710. The fraction of sp³-hybridized carbons (Fsp3) is 0.0741. The van der Waals surface area contributed by atoms with Crippen LogP contribution >= 0.6 is 11.6 Å². The summed E-state index contributed by atoms with van der Waals surface area (Å²) in [5, 5.41) is 10.8. The number of aryl methyl sites for hydroxylation is 1. The summed E-state index contributed by atoms with van der Waals surface area (Å²) < 4.78 is 16.3. The van der Waals surface area contributed by atoms with Gasteiger partial charge in [0.15, 0.2) is 0 Å². The van der Waals surface area contributed by atoms with Crippen LogP contribution in [0.15, 0.2) is 77.7 Å². The molecule has 3 N–H and O–H groups in total. The molecule has 180 valence electrons. The maximum Gasteiger partial charge on any atom is 0.323 e. The number of carbonyl (C=O) groups excluding carboxylic acids is 1. The van der Waals surface area contributed by atoms with E-state index < -0.39 is 11.8 Å². The van der Waals surface area contributed by atoms with Crippen molar-refractivity contribution >= 4 is 56.5 Å². The summed E-state index contributed by atoms with van der Waals surface area (Å²) in [4.78, 5) is 30.3. The van der Waals surface area contributed by atoms with Gasteiger partial charge in [-0.3, -0.25) is 4.79 Å². The van der Waals surface area contributed by atoms with Crippen molar-refractivity contribution in [1.82, 2.24) is 9.55 Å². The van der Waals surface area contributed by atoms with E-state index in [0.29, 0.717) is 28.0 Å². The number of halogens is 2. The molecule has 0 saturated heterocycles. The highest BCUT2D eigenvalue weighted by molar-refractivity contribution is 6.33. The minimum absolute atomic E-state index is 0.0452. The number of fused-ring (bicyclic) bond motifs is 2. The van der Waals surface area contributed by atoms with Crippen molar-refractivity contribution in [2.75, 3.05) is 23.0 Å². The second-order valence-corrected chi connectivity index (χ2v) is 8.63. The van der Waals surface area contributed by atoms with Crippen molar-refractivity contribution in [3.63, 3.8) is 0 Å². The highest BCUT2D eigenvalue weighted by Gasteiger charge is 2.17. The van der Waals surface area contributed by atoms with Crippen LogP contribution in [-0.4, -0.2) is 22.6 Å². The maximum absolute atomic E-state index is 14.8. The van der Waals surface area contributed by atoms with E-state index in [-0.39, 0.29) is 21.8 Å². The van der Waals surface area contributed by atoms with Crippen molar-refractivity contribution in [3.8, 4) is 11.1 Å². The minimum Gasteiger partial charge on any atom is -0.373 e. The smallest absolute Gasteiger partial charge is 0.323 e. The molecule has 3 aromatic carbocycles. The zero-order chi connectivity index (χ0) is 25.4. The van der Waals surface area contributed by atoms with Crippen LogP contribution in [0.2, 0.25) is 5.02 Å². The van der Waals surface area contributed by atoms with Crippen LogP contribution in [0.1, 0.15) is 0 Å². The lowest BCUT2D eigenvalue weighted by Gasteiger charge is -2.14. The summed E-state index contributed by atoms with van der Waals surface area (Å²) >= 11 is 6.35. The molecule has 9 heteroatoms. The summed E-state index contributed by atoms with van der Waals surface area (Å²) in [6.07, 6.45) is 1.64. The molecule has 36 heavy (non-hydrogen) atoms. The normalized spacial score (nSPS) is 11.0. The van der Waals surface area contributed by atoms with Gasteiger partial charge in [-0.05, 0) is 29.7 Å². The number of anilines is 3. The van der Waals surface area contributed by atoms with Crippen molar-refractivity contribution in [2.24, 2.45) is 7.05 Å². The third-order valence-corrected chi connectivity index (χ3v) is 6.31. The van der Waals surface area contributed by atoms with E-state index in [2.05, 4.69) is 20.9 Å². The number of nitrogens with zero attached hydrogens (tertiary/aromatic N) is 2. The zero-order valence-electron chi connectivity index (χ0n) is 19.4. The zero-order valence-corrected chi connectivity index (χ0v) is 20.2. The highest BCUT2D eigenvalue weighted by Crippen LogP contribution is 2.33. The number of benzene rings is 3. The first-order chi connectivity index (χ1) is 17.4. The number of pyridine rings is 2. The Morgan fingerprint density at radius 3 is 2.50 bits per heavy atom. The third kappa shape index (κ3) is 4.23. The van der Waals surface area contributed by atoms with E-state index in [1.54, 1.807) is 38.5 Å². The Labute approximate surface area is 210 Å². The lowest BCUT2D eigenvalue weighted by Crippen LogP contribution is -2.21. The summed E-state index contributed by atoms with van der Waals surface area (Å²) in [7, 11) is 3.38. The first-order valence-electron chi connectivity index (χ1n) is 11.1. The average molecular weight is 502 g/mol. The maximum atomic E-state index is 14.8. The standard InChI is InChI=1S/C27H21ClFN5O2/c1-30-25-13-24-16(14-31-25)10-19(26(35)34(24)2)18-11-23(21(29)12-20(18)28)33-27(36)32-22-9-5-7-15-6-3-4-8-17(15)22/h3-14H,1-2H3,(H,30,31)(H2,32,33,36). The molecule has 5 aromatic rings. The number of hydrogen-bond acceptors (Lipinski definition) is 4. The molecular weight excluding hydrogens is 481 g/mol. The molecule has 0 radical (unpaired) electrons. The van der Waals surface area contributed by atoms with E-state index in [4.69, 9.17) is 11.6 Å². The van der Waals surface area contributed by atoms with Gasteiger partial charge in [-0.2, -0.15) is 0 Å². The first kappa shape index (κ1) is 23.3. The minimum atomic E-state index is -0.727. The van der Waals surface area contributed by atoms with Crippen molar-refractivity contribution in [3.05, 3.63) is 94.1 Å². The number of rotatable bonds is 4. The molecule has 0 aliphatic rings. The summed E-state index contributed by atoms with van der Waals surface area (Å²) in [5.41, 5.74) is 1.37. The Morgan fingerprint density at radius 1 is 0.944 bits per heavy atom. The van der Waals surface area contributed by atoms with Gasteiger partial charge in [0.1, 0.15) is 11.6 Å². The Balaban J connectivity index is 1.51. The quantitative estimate of drug-likeness (QED) is 0.272. The summed E-state index contributed by atoms with van der Waals surface area (Å²) in [5.74, 6) is -0.108. The summed E-state index contributed by atoms with van der Waals surface area (Å²) in [6.45, 7) is 0. The molecule has 0 aliphatic carbocycles. The van der Waals surface area contributed by atoms with Crippen molar-refractivity contribution < 1.29 is 9.18 Å². The number of aromatic nitrogens is 2. The molecule has 0 saturated carbocycles. The fourth-order valence-electron chi connectivity index (χ4n) is 4.16. The van der Waals surface area contributed by atoms with Crippen LogP contribution in [0.25, 0.3) is 32.8 Å². The molecule has 2 heterocycles. The second kappa shape index (κ2) is 9.31. The molecule has 7 nitrogen and oxygen atoms in total. The molecule has 2 amide bonds. The number of hydrogen-bond donors (Lipinski definition) is 3.